The summed E-state index contributed by atoms with van der Waals surface area (Å²) in [5.74, 6) is 0.412. The standard InChI is InChI=1S/C6H11N5O/c1-11-9-5(8-10-11)6(12)2-3-7-4-6/h7,12H,2-4H2,1H3. The normalized spacial score (nSPS) is 29.5. The highest BCUT2D eigenvalue weighted by Crippen LogP contribution is 2.23. The van der Waals surface area contributed by atoms with Crippen molar-refractivity contribution in [3.8, 4) is 0 Å². The predicted molar refractivity (Wildman–Crippen MR) is 40.2 cm³/mol. The number of aromatic nitrogens is 4. The number of β-amino-alcohol motifs (C(OH)–C–C–N with tert-alkyl or cyclic N) is 1. The lowest BCUT2D eigenvalue weighted by Gasteiger charge is -2.15. The highest BCUT2D eigenvalue weighted by atomic mass is 16.3. The summed E-state index contributed by atoms with van der Waals surface area (Å²) in [6.45, 7) is 1.31. The van der Waals surface area contributed by atoms with Gasteiger partial charge in [-0.05, 0) is 18.2 Å². The van der Waals surface area contributed by atoms with Gasteiger partial charge in [0.1, 0.15) is 5.60 Å². The first-order valence-corrected chi connectivity index (χ1v) is 3.88. The molecule has 0 radical (unpaired) electrons. The van der Waals surface area contributed by atoms with Crippen molar-refractivity contribution in [1.82, 2.24) is 25.5 Å². The van der Waals surface area contributed by atoms with Crippen LogP contribution in [0.3, 0.4) is 0 Å². The van der Waals surface area contributed by atoms with Crippen molar-refractivity contribution in [2.45, 2.75) is 12.0 Å². The zero-order valence-corrected chi connectivity index (χ0v) is 6.86. The van der Waals surface area contributed by atoms with Crippen LogP contribution in [0.1, 0.15) is 12.2 Å². The van der Waals surface area contributed by atoms with Crippen LogP contribution in [0.15, 0.2) is 0 Å². The summed E-state index contributed by atoms with van der Waals surface area (Å²) in [5.41, 5.74) is -0.908. The van der Waals surface area contributed by atoms with Gasteiger partial charge in [-0.1, -0.05) is 0 Å². The van der Waals surface area contributed by atoms with E-state index in [0.717, 1.165) is 6.54 Å². The minimum atomic E-state index is -0.908. The molecule has 1 aliphatic rings. The zero-order valence-electron chi connectivity index (χ0n) is 6.86. The summed E-state index contributed by atoms with van der Waals surface area (Å²) in [7, 11) is 1.68. The van der Waals surface area contributed by atoms with E-state index in [2.05, 4.69) is 20.7 Å². The zero-order chi connectivity index (χ0) is 8.60. The second-order valence-corrected chi connectivity index (χ2v) is 3.06. The van der Waals surface area contributed by atoms with Crippen molar-refractivity contribution in [3.63, 3.8) is 0 Å². The molecule has 0 saturated carbocycles. The number of nitrogens with one attached hydrogen (secondary N) is 1. The second-order valence-electron chi connectivity index (χ2n) is 3.06. The van der Waals surface area contributed by atoms with E-state index in [1.54, 1.807) is 7.05 Å². The average molecular weight is 169 g/mol. The Balaban J connectivity index is 2.28. The smallest absolute Gasteiger partial charge is 0.207 e. The Morgan fingerprint density at radius 2 is 2.50 bits per heavy atom. The van der Waals surface area contributed by atoms with Crippen LogP contribution in [0.4, 0.5) is 0 Å². The summed E-state index contributed by atoms with van der Waals surface area (Å²) < 4.78 is 0. The van der Waals surface area contributed by atoms with Gasteiger partial charge in [-0.3, -0.25) is 0 Å². The van der Waals surface area contributed by atoms with Crippen LogP contribution in [0.2, 0.25) is 0 Å². The quantitative estimate of drug-likeness (QED) is 0.529. The van der Waals surface area contributed by atoms with E-state index in [1.165, 1.54) is 4.80 Å². The second kappa shape index (κ2) is 2.49. The summed E-state index contributed by atoms with van der Waals surface area (Å²) in [5, 5.41) is 24.4. The highest BCUT2D eigenvalue weighted by molar-refractivity contribution is 5.02. The predicted octanol–water partition coefficient (Wildman–Crippen LogP) is -1.61. The third-order valence-electron chi connectivity index (χ3n) is 2.06. The van der Waals surface area contributed by atoms with Crippen molar-refractivity contribution >= 4 is 0 Å². The molecule has 2 heterocycles. The molecule has 0 amide bonds. The molecule has 1 unspecified atom stereocenters. The van der Waals surface area contributed by atoms with Crippen LogP contribution >= 0.6 is 0 Å². The van der Waals surface area contributed by atoms with Gasteiger partial charge in [0.25, 0.3) is 0 Å². The van der Waals surface area contributed by atoms with Crippen molar-refractivity contribution in [2.75, 3.05) is 13.1 Å². The van der Waals surface area contributed by atoms with Crippen LogP contribution < -0.4 is 5.32 Å². The minimum absolute atomic E-state index is 0.412. The molecular weight excluding hydrogens is 158 g/mol. The molecule has 2 N–H and O–H groups in total. The number of aryl methyl sites for hydroxylation is 1. The third kappa shape index (κ3) is 1.09. The van der Waals surface area contributed by atoms with Gasteiger partial charge < -0.3 is 10.4 Å². The van der Waals surface area contributed by atoms with E-state index in [1.807, 2.05) is 0 Å². The van der Waals surface area contributed by atoms with E-state index in [0.29, 0.717) is 18.8 Å². The molecule has 1 aliphatic heterocycles. The van der Waals surface area contributed by atoms with Crippen LogP contribution in [0, 0.1) is 0 Å². The summed E-state index contributed by atoms with van der Waals surface area (Å²) in [6, 6.07) is 0. The Morgan fingerprint density at radius 3 is 3.00 bits per heavy atom. The Hall–Kier alpha value is -1.01. The Labute approximate surface area is 69.6 Å². The molecule has 0 bridgehead atoms. The van der Waals surface area contributed by atoms with Crippen LogP contribution in [-0.2, 0) is 12.6 Å². The van der Waals surface area contributed by atoms with Crippen molar-refractivity contribution < 1.29 is 5.11 Å². The fourth-order valence-corrected chi connectivity index (χ4v) is 1.34. The first-order valence-electron chi connectivity index (χ1n) is 3.88. The van der Waals surface area contributed by atoms with E-state index in [-0.39, 0.29) is 0 Å². The molecular formula is C6H11N5O. The minimum Gasteiger partial charge on any atom is -0.380 e. The van der Waals surface area contributed by atoms with E-state index in [9.17, 15) is 5.11 Å². The number of hydrogen-bond acceptors (Lipinski definition) is 5. The molecule has 0 spiro atoms. The maximum absolute atomic E-state index is 9.94. The summed E-state index contributed by atoms with van der Waals surface area (Å²) >= 11 is 0. The largest absolute Gasteiger partial charge is 0.380 e. The van der Waals surface area contributed by atoms with E-state index >= 15 is 0 Å². The maximum atomic E-state index is 9.94. The molecule has 6 heteroatoms. The maximum Gasteiger partial charge on any atom is 0.207 e. The SMILES string of the molecule is Cn1nnc(C2(O)CCNC2)n1. The van der Waals surface area contributed by atoms with Gasteiger partial charge in [-0.2, -0.15) is 4.80 Å². The summed E-state index contributed by atoms with van der Waals surface area (Å²) in [4.78, 5) is 1.35. The fourth-order valence-electron chi connectivity index (χ4n) is 1.34. The van der Waals surface area contributed by atoms with Crippen LogP contribution in [0.25, 0.3) is 0 Å². The molecule has 6 nitrogen and oxygen atoms in total. The highest BCUT2D eigenvalue weighted by Gasteiger charge is 2.37. The topological polar surface area (TPSA) is 75.9 Å². The first-order chi connectivity index (χ1) is 5.71. The van der Waals surface area contributed by atoms with Gasteiger partial charge in [0.2, 0.25) is 5.82 Å². The molecule has 12 heavy (non-hydrogen) atoms. The number of aliphatic hydroxyl groups is 1. The van der Waals surface area contributed by atoms with Gasteiger partial charge in [-0.15, -0.1) is 10.2 Å². The number of hydrogen-bond donors (Lipinski definition) is 2. The lowest BCUT2D eigenvalue weighted by molar-refractivity contribution is 0.0489. The molecule has 66 valence electrons. The molecule has 2 rings (SSSR count). The number of nitrogens with zero attached hydrogens (tertiary/aromatic N) is 4. The van der Waals surface area contributed by atoms with Crippen molar-refractivity contribution in [1.29, 1.82) is 0 Å². The van der Waals surface area contributed by atoms with Gasteiger partial charge in [0.05, 0.1) is 7.05 Å². The van der Waals surface area contributed by atoms with Crippen LogP contribution in [0.5, 0.6) is 0 Å². The summed E-state index contributed by atoms with van der Waals surface area (Å²) in [6.07, 6.45) is 0.651. The van der Waals surface area contributed by atoms with Crippen molar-refractivity contribution in [2.24, 2.45) is 7.05 Å². The van der Waals surface area contributed by atoms with Gasteiger partial charge >= 0.3 is 0 Å². The van der Waals surface area contributed by atoms with E-state index < -0.39 is 5.60 Å². The molecule has 1 atom stereocenters. The molecule has 1 aromatic heterocycles. The number of tetrazole rings is 1. The third-order valence-corrected chi connectivity index (χ3v) is 2.06. The lowest BCUT2D eigenvalue weighted by atomic mass is 10.0. The lowest BCUT2D eigenvalue weighted by Crippen LogP contribution is -2.29. The van der Waals surface area contributed by atoms with Gasteiger partial charge in [0, 0.05) is 6.54 Å². The molecule has 0 aliphatic carbocycles. The Morgan fingerprint density at radius 1 is 1.67 bits per heavy atom. The molecule has 1 fully saturated rings. The van der Waals surface area contributed by atoms with Crippen molar-refractivity contribution in [3.05, 3.63) is 5.82 Å². The molecule has 1 aromatic rings. The molecule has 1 saturated heterocycles. The Bertz CT molecular complexity index is 277. The van der Waals surface area contributed by atoms with Gasteiger partial charge in [0.15, 0.2) is 0 Å². The fraction of sp³-hybridized carbons (Fsp3) is 0.833. The van der Waals surface area contributed by atoms with Crippen LogP contribution in [-0.4, -0.2) is 38.4 Å². The average Bonchev–Trinajstić information content (AvgIpc) is 2.59. The van der Waals surface area contributed by atoms with Gasteiger partial charge in [-0.25, -0.2) is 0 Å². The number of rotatable bonds is 1. The molecule has 0 aromatic carbocycles. The first kappa shape index (κ1) is 7.63. The van der Waals surface area contributed by atoms with E-state index in [4.69, 9.17) is 0 Å². The Kier molecular flexibility index (Phi) is 1.59. The monoisotopic (exact) mass is 169 g/mol.